The van der Waals surface area contributed by atoms with E-state index in [0.717, 1.165) is 23.1 Å². The molecule has 2 aromatic rings. The molecule has 32 heavy (non-hydrogen) atoms. The van der Waals surface area contributed by atoms with E-state index in [1.807, 2.05) is 37.3 Å². The molecule has 0 radical (unpaired) electrons. The van der Waals surface area contributed by atoms with E-state index in [1.54, 1.807) is 42.6 Å². The standard InChI is InChI=1S/C26H36N2O4/c1-18(2)26(13-12-25(4,5)31)14-16-28(24(30)32-26)19(3)20-7-9-21(10-8-20)22-11-15-27(6)23(29)17-22/h7-11,15,17-19,31H,12-14,16H2,1-6H3/t19?,26-/m1/s1. The van der Waals surface area contributed by atoms with Crippen LogP contribution in [0.3, 0.4) is 0 Å². The van der Waals surface area contributed by atoms with Crippen LogP contribution in [0, 0.1) is 5.92 Å². The average Bonchev–Trinajstić information content (AvgIpc) is 2.73. The second-order valence-corrected chi connectivity index (χ2v) is 10.0. The van der Waals surface area contributed by atoms with E-state index in [1.165, 1.54) is 0 Å². The maximum atomic E-state index is 13.0. The zero-order chi connectivity index (χ0) is 23.7. The number of rotatable bonds is 7. The van der Waals surface area contributed by atoms with Crippen molar-refractivity contribution in [1.29, 1.82) is 0 Å². The smallest absolute Gasteiger partial charge is 0.410 e. The van der Waals surface area contributed by atoms with E-state index in [-0.39, 0.29) is 23.6 Å². The number of aromatic nitrogens is 1. The van der Waals surface area contributed by atoms with E-state index in [4.69, 9.17) is 4.74 Å². The molecule has 0 aliphatic carbocycles. The molecule has 6 heteroatoms. The van der Waals surface area contributed by atoms with E-state index in [9.17, 15) is 14.7 Å². The summed E-state index contributed by atoms with van der Waals surface area (Å²) < 4.78 is 7.58. The average molecular weight is 441 g/mol. The molecule has 1 saturated heterocycles. The Hall–Kier alpha value is -2.60. The number of aryl methyl sites for hydroxylation is 1. The molecule has 174 valence electrons. The molecule has 2 atom stereocenters. The quantitative estimate of drug-likeness (QED) is 0.665. The highest BCUT2D eigenvalue weighted by molar-refractivity contribution is 5.70. The maximum absolute atomic E-state index is 13.0. The second-order valence-electron chi connectivity index (χ2n) is 10.0. The van der Waals surface area contributed by atoms with Gasteiger partial charge in [0.05, 0.1) is 11.6 Å². The second kappa shape index (κ2) is 9.10. The first-order chi connectivity index (χ1) is 14.9. The molecule has 1 aromatic carbocycles. The molecule has 1 aliphatic rings. The molecular formula is C26H36N2O4. The van der Waals surface area contributed by atoms with Gasteiger partial charge in [-0.3, -0.25) is 4.79 Å². The molecule has 1 aromatic heterocycles. The zero-order valence-electron chi connectivity index (χ0n) is 20.1. The van der Waals surface area contributed by atoms with Gasteiger partial charge in [-0.05, 0) is 62.3 Å². The monoisotopic (exact) mass is 440 g/mol. The Bertz CT molecular complexity index is 1000. The molecule has 0 spiro atoms. The highest BCUT2D eigenvalue weighted by atomic mass is 16.6. The number of cyclic esters (lactones) is 1. The third-order valence-corrected chi connectivity index (χ3v) is 6.81. The van der Waals surface area contributed by atoms with Crippen LogP contribution >= 0.6 is 0 Å². The Labute approximate surface area is 190 Å². The summed E-state index contributed by atoms with van der Waals surface area (Å²) in [6, 6.07) is 11.4. The first-order valence-electron chi connectivity index (χ1n) is 11.4. The van der Waals surface area contributed by atoms with Crippen molar-refractivity contribution in [2.45, 2.75) is 71.1 Å². The summed E-state index contributed by atoms with van der Waals surface area (Å²) >= 11 is 0. The summed E-state index contributed by atoms with van der Waals surface area (Å²) in [6.45, 7) is 10.3. The largest absolute Gasteiger partial charge is 0.442 e. The number of carbonyl (C=O) groups is 1. The molecule has 1 amide bonds. The van der Waals surface area contributed by atoms with Gasteiger partial charge in [-0.2, -0.15) is 0 Å². The number of aliphatic hydroxyl groups is 1. The van der Waals surface area contributed by atoms with Crippen LogP contribution in [-0.4, -0.2) is 38.4 Å². The van der Waals surface area contributed by atoms with Crippen LogP contribution in [0.2, 0.25) is 0 Å². The predicted octanol–water partition coefficient (Wildman–Crippen LogP) is 4.90. The fourth-order valence-electron chi connectivity index (χ4n) is 4.29. The Balaban J connectivity index is 1.73. The van der Waals surface area contributed by atoms with Crippen LogP contribution in [0.4, 0.5) is 4.79 Å². The van der Waals surface area contributed by atoms with Gasteiger partial charge in [0.25, 0.3) is 5.56 Å². The first kappa shape index (κ1) is 24.1. The number of pyridine rings is 1. The number of benzene rings is 1. The van der Waals surface area contributed by atoms with Gasteiger partial charge in [0.15, 0.2) is 0 Å². The number of ether oxygens (including phenoxy) is 1. The molecule has 2 heterocycles. The molecule has 1 unspecified atom stereocenters. The summed E-state index contributed by atoms with van der Waals surface area (Å²) in [5, 5.41) is 10.2. The van der Waals surface area contributed by atoms with Crippen molar-refractivity contribution in [2.24, 2.45) is 13.0 Å². The SMILES string of the molecule is CC(c1ccc(-c2ccn(C)c(=O)c2)cc1)N1CC[C@](CCC(C)(C)O)(C(C)C)OC1=O. The minimum atomic E-state index is -0.788. The summed E-state index contributed by atoms with van der Waals surface area (Å²) in [5.74, 6) is 0.170. The highest BCUT2D eigenvalue weighted by Gasteiger charge is 2.44. The van der Waals surface area contributed by atoms with Gasteiger partial charge in [0.1, 0.15) is 5.60 Å². The topological polar surface area (TPSA) is 71.8 Å². The highest BCUT2D eigenvalue weighted by Crippen LogP contribution is 2.39. The van der Waals surface area contributed by atoms with Gasteiger partial charge >= 0.3 is 6.09 Å². The first-order valence-corrected chi connectivity index (χ1v) is 11.4. The number of nitrogens with zero attached hydrogens (tertiary/aromatic N) is 2. The van der Waals surface area contributed by atoms with Crippen molar-refractivity contribution >= 4 is 6.09 Å². The van der Waals surface area contributed by atoms with Crippen LogP contribution < -0.4 is 5.56 Å². The van der Waals surface area contributed by atoms with Gasteiger partial charge in [-0.15, -0.1) is 0 Å². The normalized spacial score (nSPS) is 20.4. The maximum Gasteiger partial charge on any atom is 0.410 e. The van der Waals surface area contributed by atoms with Crippen molar-refractivity contribution in [1.82, 2.24) is 9.47 Å². The Morgan fingerprint density at radius 3 is 2.28 bits per heavy atom. The molecule has 6 nitrogen and oxygen atoms in total. The van der Waals surface area contributed by atoms with E-state index in [2.05, 4.69) is 13.8 Å². The summed E-state index contributed by atoms with van der Waals surface area (Å²) in [5.41, 5.74) is 1.47. The van der Waals surface area contributed by atoms with Gasteiger partial charge in [0.2, 0.25) is 0 Å². The summed E-state index contributed by atoms with van der Waals surface area (Å²) in [6.07, 6.45) is 3.42. The molecule has 1 aliphatic heterocycles. The van der Waals surface area contributed by atoms with Gasteiger partial charge in [-0.1, -0.05) is 38.1 Å². The van der Waals surface area contributed by atoms with Gasteiger partial charge in [-0.25, -0.2) is 4.79 Å². The van der Waals surface area contributed by atoms with Crippen LogP contribution in [0.25, 0.3) is 11.1 Å². The summed E-state index contributed by atoms with van der Waals surface area (Å²) in [7, 11) is 1.73. The van der Waals surface area contributed by atoms with E-state index >= 15 is 0 Å². The number of carbonyl (C=O) groups excluding carboxylic acids is 1. The van der Waals surface area contributed by atoms with Crippen LogP contribution in [0.15, 0.2) is 47.4 Å². The lowest BCUT2D eigenvalue weighted by molar-refractivity contribution is -0.0968. The van der Waals surface area contributed by atoms with Gasteiger partial charge < -0.3 is 19.3 Å². The van der Waals surface area contributed by atoms with Crippen molar-refractivity contribution in [2.75, 3.05) is 6.54 Å². The Morgan fingerprint density at radius 1 is 1.09 bits per heavy atom. The zero-order valence-corrected chi connectivity index (χ0v) is 20.1. The molecule has 0 saturated carbocycles. The van der Waals surface area contributed by atoms with Crippen LogP contribution in [0.5, 0.6) is 0 Å². The molecule has 1 N–H and O–H groups in total. The molecule has 1 fully saturated rings. The van der Waals surface area contributed by atoms with Crippen molar-refractivity contribution in [3.05, 3.63) is 58.5 Å². The minimum absolute atomic E-state index is 0.0470. The minimum Gasteiger partial charge on any atom is -0.442 e. The third kappa shape index (κ3) is 5.23. The number of amides is 1. The lowest BCUT2D eigenvalue weighted by Crippen LogP contribution is -2.53. The van der Waals surface area contributed by atoms with Crippen molar-refractivity contribution in [3.63, 3.8) is 0 Å². The van der Waals surface area contributed by atoms with Crippen molar-refractivity contribution in [3.8, 4) is 11.1 Å². The third-order valence-electron chi connectivity index (χ3n) is 6.81. The fraction of sp³-hybridized carbons (Fsp3) is 0.538. The fourth-order valence-corrected chi connectivity index (χ4v) is 4.29. The van der Waals surface area contributed by atoms with Crippen LogP contribution in [0.1, 0.15) is 65.5 Å². The lowest BCUT2D eigenvalue weighted by Gasteiger charge is -2.46. The molecular weight excluding hydrogens is 404 g/mol. The number of hydrogen-bond donors (Lipinski definition) is 1. The molecule has 0 bridgehead atoms. The van der Waals surface area contributed by atoms with Crippen LogP contribution in [-0.2, 0) is 11.8 Å². The Kier molecular flexibility index (Phi) is 6.84. The van der Waals surface area contributed by atoms with E-state index in [0.29, 0.717) is 19.4 Å². The molecule has 3 rings (SSSR count). The Morgan fingerprint density at radius 2 is 1.75 bits per heavy atom. The van der Waals surface area contributed by atoms with Crippen molar-refractivity contribution < 1.29 is 14.6 Å². The summed E-state index contributed by atoms with van der Waals surface area (Å²) in [4.78, 5) is 26.7. The van der Waals surface area contributed by atoms with Gasteiger partial charge in [0, 0.05) is 32.3 Å². The predicted molar refractivity (Wildman–Crippen MR) is 126 cm³/mol. The lowest BCUT2D eigenvalue weighted by atomic mass is 9.79. The van der Waals surface area contributed by atoms with E-state index < -0.39 is 11.2 Å². The number of hydrogen-bond acceptors (Lipinski definition) is 4.